The van der Waals surface area contributed by atoms with Gasteiger partial charge in [0.25, 0.3) is 5.91 Å². The molecule has 0 aliphatic carbocycles. The second kappa shape index (κ2) is 8.10. The summed E-state index contributed by atoms with van der Waals surface area (Å²) in [5.74, 6) is -1.46. The Hall–Kier alpha value is -3.49. The summed E-state index contributed by atoms with van der Waals surface area (Å²) in [4.78, 5) is 50.5. The van der Waals surface area contributed by atoms with Crippen molar-refractivity contribution in [1.29, 1.82) is 0 Å². The molecule has 30 heavy (non-hydrogen) atoms. The minimum Gasteiger partial charge on any atom is -0.478 e. The minimum atomic E-state index is -1.03. The second-order valence-electron chi connectivity index (χ2n) is 7.63. The summed E-state index contributed by atoms with van der Waals surface area (Å²) in [7, 11) is 0. The zero-order valence-electron chi connectivity index (χ0n) is 16.4. The normalized spacial score (nSPS) is 19.4. The monoisotopic (exact) mass is 410 g/mol. The zero-order valence-corrected chi connectivity index (χ0v) is 16.4. The van der Waals surface area contributed by atoms with Crippen LogP contribution >= 0.6 is 0 Å². The molecule has 2 aromatic rings. The van der Waals surface area contributed by atoms with Gasteiger partial charge >= 0.3 is 5.97 Å². The number of rotatable bonds is 5. The van der Waals surface area contributed by atoms with Crippen molar-refractivity contribution in [3.63, 3.8) is 0 Å². The maximum absolute atomic E-state index is 12.9. The van der Waals surface area contributed by atoms with E-state index in [1.807, 2.05) is 0 Å². The number of benzene rings is 1. The molecular weight excluding hydrogens is 388 g/mol. The number of carboxylic acid groups (broad SMARTS) is 1. The molecule has 3 amide bonds. The van der Waals surface area contributed by atoms with Crippen LogP contribution in [0.2, 0.25) is 0 Å². The smallest absolute Gasteiger partial charge is 0.338 e. The molecule has 2 aliphatic heterocycles. The molecule has 1 aromatic heterocycles. The number of carboxylic acids is 1. The van der Waals surface area contributed by atoms with Crippen molar-refractivity contribution in [2.24, 2.45) is 0 Å². The lowest BCUT2D eigenvalue weighted by molar-refractivity contribution is -0.139. The van der Waals surface area contributed by atoms with Gasteiger partial charge in [-0.15, -0.1) is 0 Å². The van der Waals surface area contributed by atoms with Crippen LogP contribution in [-0.4, -0.2) is 61.5 Å². The first-order valence-corrected chi connectivity index (χ1v) is 9.91. The van der Waals surface area contributed by atoms with E-state index in [1.54, 1.807) is 33.8 Å². The molecule has 9 heteroatoms. The molecule has 2 aliphatic rings. The molecule has 0 radical (unpaired) electrons. The van der Waals surface area contributed by atoms with Gasteiger partial charge in [0.05, 0.1) is 24.3 Å². The Morgan fingerprint density at radius 2 is 1.77 bits per heavy atom. The van der Waals surface area contributed by atoms with Gasteiger partial charge in [0.1, 0.15) is 0 Å². The number of hydrogen-bond acceptors (Lipinski definition) is 5. The highest BCUT2D eigenvalue weighted by Gasteiger charge is 2.29. The molecule has 3 heterocycles. The van der Waals surface area contributed by atoms with E-state index in [0.29, 0.717) is 18.7 Å². The van der Waals surface area contributed by atoms with Crippen molar-refractivity contribution >= 4 is 23.7 Å². The molecular formula is C21H22N4O5. The Balaban J connectivity index is 1.41. The molecule has 9 nitrogen and oxygen atoms in total. The molecule has 4 rings (SSSR count). The lowest BCUT2D eigenvalue weighted by atomic mass is 10.0. The fourth-order valence-electron chi connectivity index (χ4n) is 3.92. The quantitative estimate of drug-likeness (QED) is 0.751. The van der Waals surface area contributed by atoms with Gasteiger partial charge in [0, 0.05) is 37.7 Å². The molecule has 156 valence electrons. The number of piperidine rings is 1. The van der Waals surface area contributed by atoms with Crippen LogP contribution in [0.4, 0.5) is 0 Å². The number of carbonyl (C=O) groups excluding carboxylic acids is 3. The Labute approximate surface area is 172 Å². The van der Waals surface area contributed by atoms with Crippen molar-refractivity contribution in [1.82, 2.24) is 19.6 Å². The van der Waals surface area contributed by atoms with E-state index >= 15 is 0 Å². The Bertz CT molecular complexity index is 981. The summed E-state index contributed by atoms with van der Waals surface area (Å²) in [6.07, 6.45) is 4.96. The van der Waals surface area contributed by atoms with E-state index in [0.717, 1.165) is 18.4 Å². The van der Waals surface area contributed by atoms with Gasteiger partial charge in [-0.2, -0.15) is 5.10 Å². The van der Waals surface area contributed by atoms with E-state index in [9.17, 15) is 19.2 Å². The lowest BCUT2D eigenvalue weighted by Gasteiger charge is -2.33. The molecule has 1 unspecified atom stereocenters. The highest BCUT2D eigenvalue weighted by atomic mass is 16.4. The van der Waals surface area contributed by atoms with Crippen LogP contribution in [-0.2, 0) is 16.1 Å². The highest BCUT2D eigenvalue weighted by molar-refractivity contribution is 6.01. The molecule has 0 bridgehead atoms. The van der Waals surface area contributed by atoms with Gasteiger partial charge in [-0.1, -0.05) is 12.1 Å². The van der Waals surface area contributed by atoms with Gasteiger partial charge in [0.2, 0.25) is 11.8 Å². The number of hydrogen-bond donors (Lipinski definition) is 1. The Kier molecular flexibility index (Phi) is 5.35. The van der Waals surface area contributed by atoms with Crippen LogP contribution in [0.5, 0.6) is 0 Å². The maximum atomic E-state index is 12.9. The second-order valence-corrected chi connectivity index (χ2v) is 7.63. The minimum absolute atomic E-state index is 0.0673. The van der Waals surface area contributed by atoms with Crippen LogP contribution < -0.4 is 0 Å². The number of amides is 3. The largest absolute Gasteiger partial charge is 0.478 e. The number of likely N-dealkylation sites (tertiary alicyclic amines) is 2. The maximum Gasteiger partial charge on any atom is 0.338 e. The standard InChI is InChI=1S/C21H22N4O5/c26-18-7-8-19(27)24(18)11-14-3-5-15(6-4-14)20(28)23-9-1-2-17(13-23)25-12-16(10-22-25)21(29)30/h3-6,10,12,17H,1-2,7-9,11,13H2,(H,29,30). The lowest BCUT2D eigenvalue weighted by Crippen LogP contribution is -2.40. The van der Waals surface area contributed by atoms with E-state index < -0.39 is 5.97 Å². The highest BCUT2D eigenvalue weighted by Crippen LogP contribution is 2.23. The van der Waals surface area contributed by atoms with Crippen LogP contribution in [0.15, 0.2) is 36.7 Å². The fraction of sp³-hybridized carbons (Fsp3) is 0.381. The number of nitrogens with zero attached hydrogens (tertiary/aromatic N) is 4. The predicted octanol–water partition coefficient (Wildman–Crippen LogP) is 1.71. The van der Waals surface area contributed by atoms with Crippen LogP contribution in [0, 0.1) is 0 Å². The predicted molar refractivity (Wildman–Crippen MR) is 105 cm³/mol. The van der Waals surface area contributed by atoms with Crippen molar-refractivity contribution < 1.29 is 24.3 Å². The number of aromatic carboxylic acids is 1. The van der Waals surface area contributed by atoms with Gasteiger partial charge in [-0.25, -0.2) is 4.79 Å². The topological polar surface area (TPSA) is 113 Å². The summed E-state index contributed by atoms with van der Waals surface area (Å²) in [5, 5.41) is 13.2. The molecule has 0 spiro atoms. The van der Waals surface area contributed by atoms with Gasteiger partial charge in [0.15, 0.2) is 0 Å². The summed E-state index contributed by atoms with van der Waals surface area (Å²) in [6, 6.07) is 6.88. The first-order chi connectivity index (χ1) is 14.4. The van der Waals surface area contributed by atoms with Crippen molar-refractivity contribution in [3.8, 4) is 0 Å². The number of carbonyl (C=O) groups is 4. The molecule has 2 fully saturated rings. The first-order valence-electron chi connectivity index (χ1n) is 9.91. The Morgan fingerprint density at radius 3 is 2.40 bits per heavy atom. The van der Waals surface area contributed by atoms with Gasteiger partial charge in [-0.05, 0) is 30.5 Å². The van der Waals surface area contributed by atoms with E-state index in [4.69, 9.17) is 5.11 Å². The van der Waals surface area contributed by atoms with Crippen LogP contribution in [0.25, 0.3) is 0 Å². The third-order valence-electron chi connectivity index (χ3n) is 5.60. The number of imide groups is 1. The van der Waals surface area contributed by atoms with Crippen LogP contribution in [0.3, 0.4) is 0 Å². The third-order valence-corrected chi connectivity index (χ3v) is 5.60. The van der Waals surface area contributed by atoms with E-state index in [2.05, 4.69) is 5.10 Å². The van der Waals surface area contributed by atoms with Crippen LogP contribution in [0.1, 0.15) is 58.0 Å². The van der Waals surface area contributed by atoms with E-state index in [1.165, 1.54) is 17.3 Å². The Morgan fingerprint density at radius 1 is 1.07 bits per heavy atom. The molecule has 0 saturated carbocycles. The summed E-state index contributed by atoms with van der Waals surface area (Å²) in [5.41, 5.74) is 1.46. The van der Waals surface area contributed by atoms with Gasteiger partial charge < -0.3 is 10.0 Å². The van der Waals surface area contributed by atoms with Gasteiger partial charge in [-0.3, -0.25) is 24.0 Å². The zero-order chi connectivity index (χ0) is 21.3. The number of aromatic nitrogens is 2. The summed E-state index contributed by atoms with van der Waals surface area (Å²) in [6.45, 7) is 1.31. The van der Waals surface area contributed by atoms with E-state index in [-0.39, 0.29) is 48.7 Å². The first kappa shape index (κ1) is 19.8. The molecule has 1 N–H and O–H groups in total. The summed E-state index contributed by atoms with van der Waals surface area (Å²) >= 11 is 0. The van der Waals surface area contributed by atoms with Crippen molar-refractivity contribution in [2.75, 3.05) is 13.1 Å². The molecule has 1 aromatic carbocycles. The average Bonchev–Trinajstić information content (AvgIpc) is 3.37. The van der Waals surface area contributed by atoms with Crippen molar-refractivity contribution in [2.45, 2.75) is 38.3 Å². The average molecular weight is 410 g/mol. The SMILES string of the molecule is O=C(O)c1cnn(C2CCCN(C(=O)c3ccc(CN4C(=O)CCC4=O)cc3)C2)c1. The third kappa shape index (κ3) is 3.96. The van der Waals surface area contributed by atoms with Crippen molar-refractivity contribution in [3.05, 3.63) is 53.3 Å². The molecule has 1 atom stereocenters. The summed E-state index contributed by atoms with van der Waals surface area (Å²) < 4.78 is 1.62. The molecule has 2 saturated heterocycles. The fourth-order valence-corrected chi connectivity index (χ4v) is 3.92.